The molecule has 0 radical (unpaired) electrons. The summed E-state index contributed by atoms with van der Waals surface area (Å²) in [5, 5.41) is 17.8. The van der Waals surface area contributed by atoms with Crippen LogP contribution in [0.4, 0.5) is 0 Å². The molecule has 1 aromatic carbocycles. The fourth-order valence-electron chi connectivity index (χ4n) is 5.29. The van der Waals surface area contributed by atoms with Crippen LogP contribution in [0.2, 0.25) is 0 Å². The number of unbranched alkanes of at least 4 members (excludes halogenated alkanes) is 1. The van der Waals surface area contributed by atoms with Gasteiger partial charge in [-0.25, -0.2) is 0 Å². The Labute approximate surface area is 234 Å². The average molecular weight is 550 g/mol. The Bertz CT molecular complexity index is 1200. The number of hydrogen-bond donors (Lipinski definition) is 4. The van der Waals surface area contributed by atoms with Crippen LogP contribution in [0.15, 0.2) is 48.8 Å². The van der Waals surface area contributed by atoms with E-state index in [-0.39, 0.29) is 31.3 Å². The molecule has 2 aliphatic rings. The van der Waals surface area contributed by atoms with Crippen LogP contribution in [0.3, 0.4) is 0 Å². The SMILES string of the molecule is CC[C@]1(C)NC(=O)[C@H](CCCCO)NC(=O)[C@H]2CCCN2C(=O)[C@H](Cc2ccc(-c3cccnc3)cc2)NC1=O. The van der Waals surface area contributed by atoms with Crippen LogP contribution in [0.25, 0.3) is 11.1 Å². The number of amides is 4. The highest BCUT2D eigenvalue weighted by atomic mass is 16.3. The smallest absolute Gasteiger partial charge is 0.246 e. The van der Waals surface area contributed by atoms with Gasteiger partial charge in [-0.1, -0.05) is 37.3 Å². The zero-order chi connectivity index (χ0) is 28.7. The third-order valence-corrected chi connectivity index (χ3v) is 7.97. The largest absolute Gasteiger partial charge is 0.396 e. The lowest BCUT2D eigenvalue weighted by atomic mass is 9.94. The van der Waals surface area contributed by atoms with Crippen LogP contribution in [-0.2, 0) is 25.6 Å². The Morgan fingerprint density at radius 1 is 1.00 bits per heavy atom. The van der Waals surface area contributed by atoms with Gasteiger partial charge in [0, 0.05) is 32.0 Å². The maximum Gasteiger partial charge on any atom is 0.246 e. The first-order valence-corrected chi connectivity index (χ1v) is 14.1. The van der Waals surface area contributed by atoms with Gasteiger partial charge >= 0.3 is 0 Å². The van der Waals surface area contributed by atoms with Crippen molar-refractivity contribution >= 4 is 23.6 Å². The Kier molecular flexibility index (Phi) is 9.52. The van der Waals surface area contributed by atoms with Crippen molar-refractivity contribution in [3.63, 3.8) is 0 Å². The van der Waals surface area contributed by atoms with Crippen molar-refractivity contribution in [1.29, 1.82) is 0 Å². The summed E-state index contributed by atoms with van der Waals surface area (Å²) in [6, 6.07) is 9.08. The summed E-state index contributed by atoms with van der Waals surface area (Å²) in [6.07, 6.45) is 6.48. The van der Waals surface area contributed by atoms with Crippen LogP contribution >= 0.6 is 0 Å². The van der Waals surface area contributed by atoms with Crippen molar-refractivity contribution in [3.8, 4) is 11.1 Å². The van der Waals surface area contributed by atoms with Crippen molar-refractivity contribution in [3.05, 3.63) is 54.4 Å². The molecule has 0 unspecified atom stereocenters. The number of benzene rings is 1. The fraction of sp³-hybridized carbons (Fsp3) is 0.500. The summed E-state index contributed by atoms with van der Waals surface area (Å²) in [6.45, 7) is 3.79. The minimum atomic E-state index is -1.29. The summed E-state index contributed by atoms with van der Waals surface area (Å²) in [5.74, 6) is -1.60. The van der Waals surface area contributed by atoms with E-state index in [1.54, 1.807) is 26.2 Å². The molecule has 0 bridgehead atoms. The number of pyridine rings is 1. The van der Waals surface area contributed by atoms with E-state index in [0.29, 0.717) is 38.6 Å². The molecular formula is C30H39N5O5. The molecule has 0 saturated carbocycles. The molecule has 2 fully saturated rings. The Morgan fingerprint density at radius 2 is 1.77 bits per heavy atom. The molecule has 2 aromatic rings. The van der Waals surface area contributed by atoms with Crippen LogP contribution < -0.4 is 16.0 Å². The van der Waals surface area contributed by atoms with E-state index < -0.39 is 35.5 Å². The van der Waals surface area contributed by atoms with Crippen molar-refractivity contribution in [2.24, 2.45) is 0 Å². The number of nitrogens with zero attached hydrogens (tertiary/aromatic N) is 2. The molecule has 4 rings (SSSR count). The lowest BCUT2D eigenvalue weighted by Crippen LogP contribution is -2.65. The number of carbonyl (C=O) groups is 4. The first-order valence-electron chi connectivity index (χ1n) is 14.1. The summed E-state index contributed by atoms with van der Waals surface area (Å²) < 4.78 is 0. The highest BCUT2D eigenvalue weighted by Gasteiger charge is 2.43. The highest BCUT2D eigenvalue weighted by molar-refractivity contribution is 5.99. The Balaban J connectivity index is 1.62. The molecule has 0 aliphatic carbocycles. The molecule has 0 spiro atoms. The second kappa shape index (κ2) is 13.0. The lowest BCUT2D eigenvalue weighted by molar-refractivity contribution is -0.144. The highest BCUT2D eigenvalue weighted by Crippen LogP contribution is 2.23. The van der Waals surface area contributed by atoms with E-state index in [4.69, 9.17) is 0 Å². The van der Waals surface area contributed by atoms with Gasteiger partial charge in [0.25, 0.3) is 0 Å². The molecule has 4 atom stereocenters. The van der Waals surface area contributed by atoms with E-state index >= 15 is 0 Å². The summed E-state index contributed by atoms with van der Waals surface area (Å²) in [4.78, 5) is 59.9. The number of aliphatic hydroxyl groups excluding tert-OH is 1. The lowest BCUT2D eigenvalue weighted by Gasteiger charge is -2.36. The third-order valence-electron chi connectivity index (χ3n) is 7.97. The molecule has 40 heavy (non-hydrogen) atoms. The van der Waals surface area contributed by atoms with Crippen molar-refractivity contribution in [2.75, 3.05) is 13.2 Å². The standard InChI is InChI=1S/C30H39N5O5/c1-3-30(2)29(40)33-24(18-20-11-13-21(14-12-20)22-8-6-15-31-19-22)28(39)35-16-7-10-25(35)27(38)32-23(26(37)34-30)9-4-5-17-36/h6,8,11-15,19,23-25,36H,3-5,7,9-10,16-18H2,1-2H3,(H,32,38)(H,33,40)(H,34,37)/t23-,24-,25+,30-/m0/s1. The normalized spacial score (nSPS) is 25.8. The molecule has 10 nitrogen and oxygen atoms in total. The number of rotatable bonds is 8. The van der Waals surface area contributed by atoms with E-state index in [2.05, 4.69) is 20.9 Å². The number of nitrogens with one attached hydrogen (secondary N) is 3. The molecule has 214 valence electrons. The van der Waals surface area contributed by atoms with Crippen molar-refractivity contribution in [2.45, 2.75) is 82.5 Å². The van der Waals surface area contributed by atoms with Crippen molar-refractivity contribution in [1.82, 2.24) is 25.8 Å². The molecular weight excluding hydrogens is 510 g/mol. The second-order valence-electron chi connectivity index (χ2n) is 10.8. The van der Waals surface area contributed by atoms with Crippen LogP contribution in [-0.4, -0.2) is 75.4 Å². The molecule has 3 heterocycles. The fourth-order valence-corrected chi connectivity index (χ4v) is 5.29. The van der Waals surface area contributed by atoms with Gasteiger partial charge in [-0.05, 0) is 68.2 Å². The van der Waals surface area contributed by atoms with Crippen LogP contribution in [0, 0.1) is 0 Å². The van der Waals surface area contributed by atoms with Crippen LogP contribution in [0.5, 0.6) is 0 Å². The third kappa shape index (κ3) is 6.67. The quantitative estimate of drug-likeness (QED) is 0.370. The molecule has 2 aliphatic heterocycles. The van der Waals surface area contributed by atoms with Crippen LogP contribution in [0.1, 0.15) is 57.9 Å². The zero-order valence-corrected chi connectivity index (χ0v) is 23.2. The van der Waals surface area contributed by atoms with Gasteiger partial charge < -0.3 is 26.0 Å². The molecule has 4 N–H and O–H groups in total. The number of hydrogen-bond acceptors (Lipinski definition) is 6. The summed E-state index contributed by atoms with van der Waals surface area (Å²) >= 11 is 0. The number of aromatic nitrogens is 1. The van der Waals surface area contributed by atoms with Gasteiger partial charge in [-0.15, -0.1) is 0 Å². The Hall–Kier alpha value is -3.79. The average Bonchev–Trinajstić information content (AvgIpc) is 3.46. The molecule has 1 aromatic heterocycles. The topological polar surface area (TPSA) is 141 Å². The maximum absolute atomic E-state index is 13.9. The second-order valence-corrected chi connectivity index (χ2v) is 10.8. The van der Waals surface area contributed by atoms with Gasteiger partial charge in [0.05, 0.1) is 0 Å². The summed E-state index contributed by atoms with van der Waals surface area (Å²) in [7, 11) is 0. The van der Waals surface area contributed by atoms with Gasteiger partial charge in [0.2, 0.25) is 23.6 Å². The number of aliphatic hydroxyl groups is 1. The van der Waals surface area contributed by atoms with Gasteiger partial charge in [0.1, 0.15) is 23.7 Å². The number of carbonyl (C=O) groups excluding carboxylic acids is 4. The first kappa shape index (κ1) is 29.2. The zero-order valence-electron chi connectivity index (χ0n) is 23.2. The number of fused-ring (bicyclic) bond motifs is 1. The predicted molar refractivity (Wildman–Crippen MR) is 150 cm³/mol. The Morgan fingerprint density at radius 3 is 2.45 bits per heavy atom. The summed E-state index contributed by atoms with van der Waals surface area (Å²) in [5.41, 5.74) is 1.52. The van der Waals surface area contributed by atoms with Gasteiger partial charge in [-0.2, -0.15) is 0 Å². The van der Waals surface area contributed by atoms with E-state index in [0.717, 1.165) is 16.7 Å². The van der Waals surface area contributed by atoms with E-state index in [1.165, 1.54) is 4.90 Å². The minimum absolute atomic E-state index is 0.0180. The molecule has 2 saturated heterocycles. The van der Waals surface area contributed by atoms with Gasteiger partial charge in [-0.3, -0.25) is 24.2 Å². The molecule has 4 amide bonds. The predicted octanol–water partition coefficient (Wildman–Crippen LogP) is 1.71. The van der Waals surface area contributed by atoms with Gasteiger partial charge in [0.15, 0.2) is 0 Å². The maximum atomic E-state index is 13.9. The monoisotopic (exact) mass is 549 g/mol. The minimum Gasteiger partial charge on any atom is -0.396 e. The first-order chi connectivity index (χ1) is 19.3. The molecule has 10 heteroatoms. The van der Waals surface area contributed by atoms with E-state index in [1.807, 2.05) is 36.4 Å². The van der Waals surface area contributed by atoms with Crippen molar-refractivity contribution < 1.29 is 24.3 Å². The van der Waals surface area contributed by atoms with E-state index in [9.17, 15) is 24.3 Å².